The third-order valence-corrected chi connectivity index (χ3v) is 7.85. The Hall–Kier alpha value is -2.19. The topological polar surface area (TPSA) is 52.3 Å². The molecule has 126 valence electrons. The van der Waals surface area contributed by atoms with Gasteiger partial charge in [0.2, 0.25) is 0 Å². The second-order valence-electron chi connectivity index (χ2n) is 6.16. The molecule has 0 bridgehead atoms. The number of benzene rings is 3. The van der Waals surface area contributed by atoms with E-state index in [1.165, 1.54) is 0 Å². The lowest BCUT2D eigenvalue weighted by molar-refractivity contribution is 0.324. The summed E-state index contributed by atoms with van der Waals surface area (Å²) in [6.45, 7) is 2.18. The van der Waals surface area contributed by atoms with Crippen molar-refractivity contribution in [1.82, 2.24) is 0 Å². The highest BCUT2D eigenvalue weighted by atomic mass is 31.2. The van der Waals surface area contributed by atoms with Gasteiger partial charge in [-0.3, -0.25) is 4.57 Å². The highest BCUT2D eigenvalue weighted by Gasteiger charge is 2.55. The van der Waals surface area contributed by atoms with Gasteiger partial charge in [-0.2, -0.15) is 0 Å². The van der Waals surface area contributed by atoms with E-state index in [0.29, 0.717) is 11.9 Å². The van der Waals surface area contributed by atoms with Gasteiger partial charge in [-0.25, -0.2) is 0 Å². The van der Waals surface area contributed by atoms with Gasteiger partial charge in [0.25, 0.3) is 7.37 Å². The summed E-state index contributed by atoms with van der Waals surface area (Å²) in [5.74, 6) is 0. The van der Waals surface area contributed by atoms with Gasteiger partial charge in [0.05, 0.1) is 6.61 Å². The zero-order valence-corrected chi connectivity index (χ0v) is 14.9. The lowest BCUT2D eigenvalue weighted by Crippen LogP contribution is -2.40. The Balaban J connectivity index is 2.07. The fraction of sp³-hybridized carbons (Fsp3) is 0.143. The van der Waals surface area contributed by atoms with Crippen LogP contribution in [0.1, 0.15) is 18.1 Å². The van der Waals surface area contributed by atoms with E-state index in [0.717, 1.165) is 22.3 Å². The lowest BCUT2D eigenvalue weighted by Gasteiger charge is -2.35. The number of rotatable bonds is 4. The molecule has 2 N–H and O–H groups in total. The van der Waals surface area contributed by atoms with Gasteiger partial charge in [-0.05, 0) is 41.3 Å². The van der Waals surface area contributed by atoms with Crippen molar-refractivity contribution in [2.45, 2.75) is 12.2 Å². The largest absolute Gasteiger partial charge is 0.324 e. The molecule has 4 rings (SSSR count). The van der Waals surface area contributed by atoms with E-state index in [1.807, 2.05) is 85.8 Å². The third-order valence-electron chi connectivity index (χ3n) is 4.84. The lowest BCUT2D eigenvalue weighted by atomic mass is 10.1. The van der Waals surface area contributed by atoms with Crippen molar-refractivity contribution >= 4 is 12.7 Å². The van der Waals surface area contributed by atoms with Crippen LogP contribution in [0.2, 0.25) is 0 Å². The van der Waals surface area contributed by atoms with Gasteiger partial charge >= 0.3 is 0 Å². The van der Waals surface area contributed by atoms with E-state index in [-0.39, 0.29) is 0 Å². The standard InChI is InChI=1S/C21H20NO2P/c1-2-24-25(23,16-10-4-3-5-11-16)21(22)19-14-8-6-12-17(19)18-13-7-9-15-20(18)21/h3-15H,2,22H2,1H3. The van der Waals surface area contributed by atoms with Crippen molar-refractivity contribution in [2.24, 2.45) is 5.73 Å². The summed E-state index contributed by atoms with van der Waals surface area (Å²) in [5.41, 5.74) is 10.8. The molecule has 1 atom stereocenters. The molecule has 0 heterocycles. The highest BCUT2D eigenvalue weighted by molar-refractivity contribution is 7.68. The Morgan fingerprint density at radius 3 is 1.84 bits per heavy atom. The maximum absolute atomic E-state index is 14.3. The number of nitrogens with two attached hydrogens (primary N) is 1. The minimum atomic E-state index is -3.42. The molecule has 0 fully saturated rings. The molecule has 25 heavy (non-hydrogen) atoms. The molecule has 4 heteroatoms. The van der Waals surface area contributed by atoms with Crippen molar-refractivity contribution in [1.29, 1.82) is 0 Å². The Kier molecular flexibility index (Phi) is 3.88. The van der Waals surface area contributed by atoms with Crippen molar-refractivity contribution in [3.8, 4) is 11.1 Å². The fourth-order valence-corrected chi connectivity index (χ4v) is 6.46. The first-order chi connectivity index (χ1) is 12.1. The monoisotopic (exact) mass is 349 g/mol. The number of hydrogen-bond donors (Lipinski definition) is 1. The van der Waals surface area contributed by atoms with Gasteiger partial charge in [-0.1, -0.05) is 66.7 Å². The first kappa shape index (κ1) is 16.3. The first-order valence-electron chi connectivity index (χ1n) is 8.41. The summed E-state index contributed by atoms with van der Waals surface area (Å²) in [7, 11) is -3.42. The molecule has 3 aromatic carbocycles. The Labute approximate surface area is 147 Å². The van der Waals surface area contributed by atoms with Crippen LogP contribution in [0.15, 0.2) is 78.9 Å². The second kappa shape index (κ2) is 5.96. The summed E-state index contributed by atoms with van der Waals surface area (Å²) in [6, 6.07) is 25.2. The van der Waals surface area contributed by atoms with Crippen molar-refractivity contribution in [3.05, 3.63) is 90.0 Å². The minimum absolute atomic E-state index is 0.329. The normalized spacial score (nSPS) is 16.7. The summed E-state index contributed by atoms with van der Waals surface area (Å²) in [6.07, 6.45) is 0. The Morgan fingerprint density at radius 2 is 1.32 bits per heavy atom. The molecular weight excluding hydrogens is 329 g/mol. The zero-order valence-electron chi connectivity index (χ0n) is 14.1. The van der Waals surface area contributed by atoms with E-state index in [2.05, 4.69) is 0 Å². The molecule has 0 aromatic heterocycles. The van der Waals surface area contributed by atoms with E-state index >= 15 is 0 Å². The third kappa shape index (κ3) is 2.17. The van der Waals surface area contributed by atoms with E-state index in [9.17, 15) is 4.57 Å². The first-order valence-corrected chi connectivity index (χ1v) is 10.0. The fourth-order valence-electron chi connectivity index (χ4n) is 3.75. The molecule has 0 amide bonds. The molecule has 0 saturated carbocycles. The summed E-state index contributed by atoms with van der Waals surface area (Å²) < 4.78 is 20.3. The SMILES string of the molecule is CCOP(=O)(c1ccccc1)C1(N)c2ccccc2-c2ccccc21. The van der Waals surface area contributed by atoms with Crippen LogP contribution < -0.4 is 11.0 Å². The molecule has 3 nitrogen and oxygen atoms in total. The smallest absolute Gasteiger partial charge is 0.260 e. The summed E-state index contributed by atoms with van der Waals surface area (Å²) >= 11 is 0. The van der Waals surface area contributed by atoms with E-state index < -0.39 is 12.6 Å². The molecule has 3 aromatic rings. The van der Waals surface area contributed by atoms with Gasteiger partial charge < -0.3 is 10.3 Å². The van der Waals surface area contributed by atoms with Gasteiger partial charge in [-0.15, -0.1) is 0 Å². The summed E-state index contributed by atoms with van der Waals surface area (Å²) in [5, 5.41) is -0.553. The van der Waals surface area contributed by atoms with E-state index in [4.69, 9.17) is 10.3 Å². The van der Waals surface area contributed by atoms with Gasteiger partial charge in [0.1, 0.15) is 5.28 Å². The predicted octanol–water partition coefficient (Wildman–Crippen LogP) is 4.47. The van der Waals surface area contributed by atoms with E-state index in [1.54, 1.807) is 0 Å². The maximum atomic E-state index is 14.3. The van der Waals surface area contributed by atoms with Crippen LogP contribution in [0, 0.1) is 0 Å². The number of hydrogen-bond acceptors (Lipinski definition) is 3. The molecule has 1 aliphatic rings. The molecular formula is C21H20NO2P. The highest BCUT2D eigenvalue weighted by Crippen LogP contribution is 2.68. The Bertz CT molecular complexity index is 923. The molecule has 1 unspecified atom stereocenters. The Morgan fingerprint density at radius 1 is 0.840 bits per heavy atom. The second-order valence-corrected chi connectivity index (χ2v) is 8.75. The van der Waals surface area contributed by atoms with Crippen LogP contribution in [-0.2, 0) is 14.4 Å². The van der Waals surface area contributed by atoms with Gasteiger partial charge in [0.15, 0.2) is 0 Å². The summed E-state index contributed by atoms with van der Waals surface area (Å²) in [4.78, 5) is 0. The maximum Gasteiger partial charge on any atom is 0.260 e. The van der Waals surface area contributed by atoms with Crippen molar-refractivity contribution < 1.29 is 9.09 Å². The van der Waals surface area contributed by atoms with Crippen LogP contribution in [0.3, 0.4) is 0 Å². The van der Waals surface area contributed by atoms with Crippen LogP contribution >= 0.6 is 7.37 Å². The average Bonchev–Trinajstić information content (AvgIpc) is 2.94. The van der Waals surface area contributed by atoms with Crippen LogP contribution in [0.5, 0.6) is 0 Å². The average molecular weight is 349 g/mol. The molecule has 0 aliphatic heterocycles. The molecule has 1 aliphatic carbocycles. The van der Waals surface area contributed by atoms with Gasteiger partial charge in [0, 0.05) is 5.30 Å². The number of fused-ring (bicyclic) bond motifs is 3. The van der Waals surface area contributed by atoms with Crippen molar-refractivity contribution in [3.63, 3.8) is 0 Å². The van der Waals surface area contributed by atoms with Crippen LogP contribution in [0.25, 0.3) is 11.1 Å². The van der Waals surface area contributed by atoms with Crippen LogP contribution in [0.4, 0.5) is 0 Å². The quantitative estimate of drug-likeness (QED) is 0.707. The zero-order chi connectivity index (χ0) is 17.5. The van der Waals surface area contributed by atoms with Crippen molar-refractivity contribution in [2.75, 3.05) is 6.61 Å². The van der Waals surface area contributed by atoms with Crippen LogP contribution in [-0.4, -0.2) is 6.61 Å². The molecule has 0 radical (unpaired) electrons. The molecule has 0 spiro atoms. The molecule has 0 saturated heterocycles. The predicted molar refractivity (Wildman–Crippen MR) is 102 cm³/mol. The minimum Gasteiger partial charge on any atom is -0.324 e.